The molecule has 0 bridgehead atoms. The third kappa shape index (κ3) is 1.79. The van der Waals surface area contributed by atoms with E-state index in [2.05, 4.69) is 24.9 Å². The van der Waals surface area contributed by atoms with Gasteiger partial charge in [0.2, 0.25) is 0 Å². The molecule has 0 spiro atoms. The average Bonchev–Trinajstić information content (AvgIpc) is 2.70. The van der Waals surface area contributed by atoms with Crippen LogP contribution < -0.4 is 5.63 Å². The summed E-state index contributed by atoms with van der Waals surface area (Å²) in [5, 5.41) is 9.84. The highest BCUT2D eigenvalue weighted by Crippen LogP contribution is 2.19. The van der Waals surface area contributed by atoms with Crippen LogP contribution >= 0.6 is 0 Å². The Kier molecular flexibility index (Phi) is 2.43. The van der Waals surface area contributed by atoms with E-state index in [1.54, 1.807) is 20.8 Å². The molecule has 0 saturated carbocycles. The van der Waals surface area contributed by atoms with Gasteiger partial charge in [-0.1, -0.05) is 5.11 Å². The molecular formula is C9H10N4O3. The maximum atomic E-state index is 11.1. The van der Waals surface area contributed by atoms with Crippen LogP contribution in [-0.2, 0) is 0 Å². The second-order valence-electron chi connectivity index (χ2n) is 3.30. The monoisotopic (exact) mass is 222 g/mol. The molecule has 0 fully saturated rings. The highest BCUT2D eigenvalue weighted by atomic mass is 16.5. The number of aryl methyl sites for hydroxylation is 3. The van der Waals surface area contributed by atoms with Crippen molar-refractivity contribution in [2.75, 3.05) is 0 Å². The first kappa shape index (κ1) is 10.3. The summed E-state index contributed by atoms with van der Waals surface area (Å²) in [6.07, 6.45) is 0. The van der Waals surface area contributed by atoms with Crippen LogP contribution in [0.25, 0.3) is 0 Å². The molecule has 0 saturated heterocycles. The van der Waals surface area contributed by atoms with Crippen molar-refractivity contribution in [2.45, 2.75) is 20.8 Å². The van der Waals surface area contributed by atoms with Crippen LogP contribution in [0.1, 0.15) is 17.1 Å². The average molecular weight is 222 g/mol. The van der Waals surface area contributed by atoms with Crippen molar-refractivity contribution in [3.8, 4) is 0 Å². The van der Waals surface area contributed by atoms with Gasteiger partial charge in [-0.2, -0.15) is 4.98 Å². The zero-order chi connectivity index (χ0) is 11.7. The van der Waals surface area contributed by atoms with Gasteiger partial charge in [0.25, 0.3) is 0 Å². The lowest BCUT2D eigenvalue weighted by Gasteiger charge is -1.83. The Labute approximate surface area is 90.2 Å². The Morgan fingerprint density at radius 3 is 2.50 bits per heavy atom. The Hall–Kier alpha value is -2.18. The van der Waals surface area contributed by atoms with Gasteiger partial charge in [0.05, 0.1) is 11.4 Å². The Morgan fingerprint density at radius 2 is 2.00 bits per heavy atom. The van der Waals surface area contributed by atoms with Gasteiger partial charge in [0.1, 0.15) is 5.76 Å². The van der Waals surface area contributed by atoms with Crippen molar-refractivity contribution in [2.24, 2.45) is 10.2 Å². The smallest absolute Gasteiger partial charge is 0.384 e. The van der Waals surface area contributed by atoms with Gasteiger partial charge in [-0.05, 0) is 20.8 Å². The lowest BCUT2D eigenvalue weighted by Crippen LogP contribution is -1.89. The number of aromatic nitrogens is 2. The van der Waals surface area contributed by atoms with Crippen LogP contribution in [0.2, 0.25) is 0 Å². The summed E-state index contributed by atoms with van der Waals surface area (Å²) in [4.78, 5) is 15.1. The summed E-state index contributed by atoms with van der Waals surface area (Å²) < 4.78 is 9.71. The van der Waals surface area contributed by atoms with Gasteiger partial charge >= 0.3 is 11.6 Å². The molecule has 2 rings (SSSR count). The third-order valence-corrected chi connectivity index (χ3v) is 2.10. The standard InChI is InChI=1S/C9H10N4O3/c1-4-6(3)15-9(10-4)12-11-7-5(2)13-16-8(7)14/h13H,1-3H3. The summed E-state index contributed by atoms with van der Waals surface area (Å²) in [7, 11) is 0. The molecule has 7 heteroatoms. The summed E-state index contributed by atoms with van der Waals surface area (Å²) in [6, 6.07) is 0.120. The topological polar surface area (TPSA) is 96.7 Å². The number of oxazole rings is 1. The van der Waals surface area contributed by atoms with E-state index < -0.39 is 5.63 Å². The molecule has 84 valence electrons. The zero-order valence-electron chi connectivity index (χ0n) is 9.07. The van der Waals surface area contributed by atoms with Crippen molar-refractivity contribution in [3.63, 3.8) is 0 Å². The quantitative estimate of drug-likeness (QED) is 0.788. The van der Waals surface area contributed by atoms with E-state index in [0.29, 0.717) is 11.5 Å². The van der Waals surface area contributed by atoms with Crippen LogP contribution in [0.3, 0.4) is 0 Å². The van der Waals surface area contributed by atoms with E-state index in [1.807, 2.05) is 0 Å². The Bertz CT molecular complexity index is 571. The van der Waals surface area contributed by atoms with E-state index >= 15 is 0 Å². The maximum Gasteiger partial charge on any atom is 0.384 e. The van der Waals surface area contributed by atoms with E-state index in [9.17, 15) is 4.79 Å². The number of nitrogens with one attached hydrogen (secondary N) is 1. The van der Waals surface area contributed by atoms with E-state index in [0.717, 1.165) is 5.69 Å². The molecule has 16 heavy (non-hydrogen) atoms. The van der Waals surface area contributed by atoms with Crippen LogP contribution in [0.5, 0.6) is 0 Å². The van der Waals surface area contributed by atoms with Crippen molar-refractivity contribution >= 4 is 11.7 Å². The second-order valence-corrected chi connectivity index (χ2v) is 3.30. The first-order chi connectivity index (χ1) is 7.58. The number of azo groups is 1. The molecule has 0 unspecified atom stereocenters. The molecule has 2 aromatic rings. The number of H-pyrrole nitrogens is 1. The minimum absolute atomic E-state index is 0.119. The van der Waals surface area contributed by atoms with Crippen molar-refractivity contribution in [3.05, 3.63) is 27.6 Å². The molecule has 1 N–H and O–H groups in total. The maximum absolute atomic E-state index is 11.1. The van der Waals surface area contributed by atoms with Gasteiger partial charge in [-0.15, -0.1) is 5.11 Å². The lowest BCUT2D eigenvalue weighted by molar-refractivity contribution is 0.388. The summed E-state index contributed by atoms with van der Waals surface area (Å²) in [6.45, 7) is 5.23. The van der Waals surface area contributed by atoms with Crippen molar-refractivity contribution < 1.29 is 8.94 Å². The number of rotatable bonds is 2. The fourth-order valence-electron chi connectivity index (χ4n) is 1.08. The number of hydrogen-bond acceptors (Lipinski definition) is 6. The fraction of sp³-hybridized carbons (Fsp3) is 0.333. The second kappa shape index (κ2) is 3.76. The molecule has 0 amide bonds. The predicted molar refractivity (Wildman–Crippen MR) is 54.2 cm³/mol. The van der Waals surface area contributed by atoms with Crippen LogP contribution in [0.4, 0.5) is 11.7 Å². The van der Waals surface area contributed by atoms with Gasteiger partial charge in [-0.25, -0.2) is 9.95 Å². The molecule has 2 heterocycles. The van der Waals surface area contributed by atoms with Crippen molar-refractivity contribution in [1.82, 2.24) is 10.1 Å². The Balaban J connectivity index is 2.31. The van der Waals surface area contributed by atoms with Gasteiger partial charge < -0.3 is 8.94 Å². The summed E-state index contributed by atoms with van der Waals surface area (Å²) in [5.41, 5.74) is 0.801. The molecule has 0 aliphatic carbocycles. The summed E-state index contributed by atoms with van der Waals surface area (Å²) in [5.74, 6) is 0.673. The molecule has 0 aromatic carbocycles. The van der Waals surface area contributed by atoms with Crippen molar-refractivity contribution in [1.29, 1.82) is 0 Å². The predicted octanol–water partition coefficient (Wildman–Crippen LogP) is 2.30. The van der Waals surface area contributed by atoms with Gasteiger partial charge in [0.15, 0.2) is 5.69 Å². The largest absolute Gasteiger partial charge is 0.426 e. The zero-order valence-corrected chi connectivity index (χ0v) is 9.07. The van der Waals surface area contributed by atoms with Gasteiger partial charge in [-0.3, -0.25) is 0 Å². The highest BCUT2D eigenvalue weighted by molar-refractivity contribution is 5.36. The Morgan fingerprint density at radius 1 is 1.25 bits per heavy atom. The first-order valence-electron chi connectivity index (χ1n) is 4.62. The molecule has 0 atom stereocenters. The SMILES string of the molecule is Cc1nc(N=Nc2c(C)[nH]oc2=O)oc1C. The molecule has 0 aliphatic rings. The van der Waals surface area contributed by atoms with Crippen LogP contribution in [0.15, 0.2) is 24.0 Å². The first-order valence-corrected chi connectivity index (χ1v) is 4.62. The highest BCUT2D eigenvalue weighted by Gasteiger charge is 2.08. The molecule has 2 aromatic heterocycles. The number of aromatic amines is 1. The van der Waals surface area contributed by atoms with E-state index in [-0.39, 0.29) is 11.7 Å². The normalized spacial score (nSPS) is 11.4. The fourth-order valence-corrected chi connectivity index (χ4v) is 1.08. The lowest BCUT2D eigenvalue weighted by atomic mass is 10.4. The third-order valence-electron chi connectivity index (χ3n) is 2.10. The van der Waals surface area contributed by atoms with E-state index in [1.165, 1.54) is 0 Å². The minimum atomic E-state index is -0.568. The molecule has 7 nitrogen and oxygen atoms in total. The van der Waals surface area contributed by atoms with E-state index in [4.69, 9.17) is 4.42 Å². The number of nitrogens with zero attached hydrogens (tertiary/aromatic N) is 3. The van der Waals surface area contributed by atoms with Crippen LogP contribution in [0, 0.1) is 20.8 Å². The molecule has 0 radical (unpaired) electrons. The summed E-state index contributed by atoms with van der Waals surface area (Å²) >= 11 is 0. The minimum Gasteiger partial charge on any atom is -0.426 e. The molecule has 0 aliphatic heterocycles. The van der Waals surface area contributed by atoms with Crippen LogP contribution in [-0.4, -0.2) is 10.1 Å². The van der Waals surface area contributed by atoms with Gasteiger partial charge in [0, 0.05) is 0 Å². The molecular weight excluding hydrogens is 212 g/mol. The number of hydrogen-bond donors (Lipinski definition) is 1.